The zero-order chi connectivity index (χ0) is 38.5. The zero-order valence-corrected chi connectivity index (χ0v) is 32.3. The average Bonchev–Trinajstić information content (AvgIpc) is 3.18. The van der Waals surface area contributed by atoms with E-state index in [9.17, 15) is 15.3 Å². The van der Waals surface area contributed by atoms with E-state index in [1.807, 2.05) is 72.8 Å². The van der Waals surface area contributed by atoms with Crippen LogP contribution >= 0.6 is 0 Å². The largest absolute Gasteiger partial charge is 0.507 e. The Hall–Kier alpha value is -6.06. The summed E-state index contributed by atoms with van der Waals surface area (Å²) in [4.78, 5) is 0. The predicted octanol–water partition coefficient (Wildman–Crippen LogP) is 12.7. The van der Waals surface area contributed by atoms with E-state index in [1.54, 1.807) is 0 Å². The molecule has 0 atom stereocenters. The summed E-state index contributed by atoms with van der Waals surface area (Å²) in [6.45, 7) is 8.54. The third-order valence-electron chi connectivity index (χ3n) is 10.6. The monoisotopic (exact) mass is 722 g/mol. The highest BCUT2D eigenvalue weighted by Crippen LogP contribution is 2.48. The van der Waals surface area contributed by atoms with Crippen LogP contribution < -0.4 is 0 Å². The molecule has 0 radical (unpaired) electrons. The molecule has 0 aliphatic heterocycles. The van der Waals surface area contributed by atoms with Crippen LogP contribution in [0.3, 0.4) is 0 Å². The van der Waals surface area contributed by atoms with Crippen molar-refractivity contribution >= 4 is 0 Å². The fourth-order valence-electron chi connectivity index (χ4n) is 7.98. The van der Waals surface area contributed by atoms with Gasteiger partial charge in [-0.2, -0.15) is 0 Å². The van der Waals surface area contributed by atoms with Crippen LogP contribution in [0.25, 0.3) is 22.3 Å². The Morgan fingerprint density at radius 1 is 0.345 bits per heavy atom. The lowest BCUT2D eigenvalue weighted by Crippen LogP contribution is -2.04. The Balaban J connectivity index is 1.47. The van der Waals surface area contributed by atoms with E-state index in [4.69, 9.17) is 0 Å². The normalized spacial score (nSPS) is 11.4. The molecule has 7 rings (SSSR count). The first-order valence-corrected chi connectivity index (χ1v) is 19.4. The van der Waals surface area contributed by atoms with Gasteiger partial charge in [0.1, 0.15) is 17.2 Å². The molecular formula is C52H50O3. The molecule has 0 fully saturated rings. The molecule has 0 aromatic heterocycles. The third-order valence-corrected chi connectivity index (χ3v) is 10.6. The Morgan fingerprint density at radius 2 is 0.600 bits per heavy atom. The number of aromatic hydroxyl groups is 3. The van der Waals surface area contributed by atoms with E-state index >= 15 is 0 Å². The molecule has 0 spiro atoms. The fourth-order valence-corrected chi connectivity index (χ4v) is 7.98. The maximum Gasteiger partial charge on any atom is 0.123 e. The van der Waals surface area contributed by atoms with Crippen LogP contribution in [0.2, 0.25) is 0 Å². The summed E-state index contributed by atoms with van der Waals surface area (Å²) in [5, 5.41) is 36.1. The Kier molecular flexibility index (Phi) is 11.2. The highest BCUT2D eigenvalue weighted by molar-refractivity contribution is 5.84. The van der Waals surface area contributed by atoms with Crippen LogP contribution in [0.1, 0.15) is 95.2 Å². The standard InChI is InChI=1S/C52H50O3/c1-34(2)48-46(40-29-42(25-36-17-9-5-10-18-36)50(53)43(30-40)26-37-19-11-6-12-20-37)33-47(49(35(3)4)52(48)55)41-31-44(27-38-21-13-7-14-22-38)51(54)45(32-41)28-39-23-15-8-16-24-39/h5-24,29-35,53-55H,25-28H2,1-4H3. The minimum atomic E-state index is 0.0209. The van der Waals surface area contributed by atoms with E-state index in [1.165, 1.54) is 0 Å². The van der Waals surface area contributed by atoms with E-state index in [2.05, 4.69) is 107 Å². The van der Waals surface area contributed by atoms with E-state index < -0.39 is 0 Å². The second kappa shape index (κ2) is 16.5. The molecule has 276 valence electrons. The molecule has 3 nitrogen and oxygen atoms in total. The molecule has 7 aromatic rings. The number of benzene rings is 7. The van der Waals surface area contributed by atoms with Gasteiger partial charge < -0.3 is 15.3 Å². The number of hydrogen-bond donors (Lipinski definition) is 3. The molecule has 7 aromatic carbocycles. The number of phenolic OH excluding ortho intramolecular Hbond substituents is 3. The summed E-state index contributed by atoms with van der Waals surface area (Å²) in [5.74, 6) is 0.961. The van der Waals surface area contributed by atoms with Gasteiger partial charge in [-0.1, -0.05) is 149 Å². The van der Waals surface area contributed by atoms with Gasteiger partial charge in [-0.15, -0.1) is 0 Å². The van der Waals surface area contributed by atoms with Crippen LogP contribution in [-0.2, 0) is 25.7 Å². The SMILES string of the molecule is CC(C)c1c(-c2cc(Cc3ccccc3)c(O)c(Cc3ccccc3)c2)cc(-c2cc(Cc3ccccc3)c(O)c(Cc3ccccc3)c2)c(C(C)C)c1O. The smallest absolute Gasteiger partial charge is 0.123 e. The van der Waals surface area contributed by atoms with Crippen LogP contribution in [0.4, 0.5) is 0 Å². The molecule has 0 unspecified atom stereocenters. The molecule has 3 N–H and O–H groups in total. The molecule has 55 heavy (non-hydrogen) atoms. The van der Waals surface area contributed by atoms with Crippen molar-refractivity contribution in [3.63, 3.8) is 0 Å². The van der Waals surface area contributed by atoms with E-state index in [-0.39, 0.29) is 11.8 Å². The van der Waals surface area contributed by atoms with Gasteiger partial charge in [-0.3, -0.25) is 0 Å². The maximum atomic E-state index is 12.4. The van der Waals surface area contributed by atoms with Crippen molar-refractivity contribution in [2.75, 3.05) is 0 Å². The van der Waals surface area contributed by atoms with Crippen LogP contribution in [0.5, 0.6) is 17.2 Å². The lowest BCUT2D eigenvalue weighted by atomic mass is 9.80. The highest BCUT2D eigenvalue weighted by atomic mass is 16.3. The second-order valence-corrected chi connectivity index (χ2v) is 15.4. The third kappa shape index (κ3) is 8.37. The minimum Gasteiger partial charge on any atom is -0.507 e. The van der Waals surface area contributed by atoms with E-state index in [0.717, 1.165) is 77.9 Å². The van der Waals surface area contributed by atoms with Crippen LogP contribution in [-0.4, -0.2) is 15.3 Å². The number of hydrogen-bond acceptors (Lipinski definition) is 3. The predicted molar refractivity (Wildman–Crippen MR) is 227 cm³/mol. The molecule has 0 saturated carbocycles. The minimum absolute atomic E-state index is 0.0209. The van der Waals surface area contributed by atoms with Crippen molar-refractivity contribution in [2.24, 2.45) is 0 Å². The average molecular weight is 723 g/mol. The van der Waals surface area contributed by atoms with Crippen molar-refractivity contribution < 1.29 is 15.3 Å². The van der Waals surface area contributed by atoms with E-state index in [0.29, 0.717) is 42.9 Å². The first-order chi connectivity index (χ1) is 26.7. The van der Waals surface area contributed by atoms with Gasteiger partial charge in [-0.25, -0.2) is 0 Å². The molecule has 0 aliphatic carbocycles. The topological polar surface area (TPSA) is 60.7 Å². The lowest BCUT2D eigenvalue weighted by Gasteiger charge is -2.25. The maximum absolute atomic E-state index is 12.4. The van der Waals surface area contributed by atoms with Crippen molar-refractivity contribution in [3.05, 3.63) is 207 Å². The Morgan fingerprint density at radius 3 is 0.836 bits per heavy atom. The molecule has 3 heteroatoms. The number of phenols is 3. The summed E-state index contributed by atoms with van der Waals surface area (Å²) < 4.78 is 0. The first-order valence-electron chi connectivity index (χ1n) is 19.4. The summed E-state index contributed by atoms with van der Waals surface area (Å²) in [6.07, 6.45) is 2.30. The van der Waals surface area contributed by atoms with Gasteiger partial charge in [0, 0.05) is 36.8 Å². The van der Waals surface area contributed by atoms with Crippen molar-refractivity contribution in [2.45, 2.75) is 65.2 Å². The highest BCUT2D eigenvalue weighted by Gasteiger charge is 2.26. The van der Waals surface area contributed by atoms with Crippen LogP contribution in [0.15, 0.2) is 152 Å². The first kappa shape index (κ1) is 37.3. The summed E-state index contributed by atoms with van der Waals surface area (Å²) >= 11 is 0. The molecule has 0 heterocycles. The zero-order valence-electron chi connectivity index (χ0n) is 32.3. The fraction of sp³-hybridized carbons (Fsp3) is 0.192. The lowest BCUT2D eigenvalue weighted by molar-refractivity contribution is 0.455. The molecule has 0 saturated heterocycles. The van der Waals surface area contributed by atoms with Crippen LogP contribution in [0, 0.1) is 0 Å². The van der Waals surface area contributed by atoms with Gasteiger partial charge in [0.15, 0.2) is 0 Å². The van der Waals surface area contributed by atoms with Gasteiger partial charge in [0.2, 0.25) is 0 Å². The second-order valence-electron chi connectivity index (χ2n) is 15.4. The van der Waals surface area contributed by atoms with Gasteiger partial charge >= 0.3 is 0 Å². The van der Waals surface area contributed by atoms with Gasteiger partial charge in [0.25, 0.3) is 0 Å². The number of rotatable bonds is 12. The summed E-state index contributed by atoms with van der Waals surface area (Å²) in [6, 6.07) is 51.7. The quantitative estimate of drug-likeness (QED) is 0.118. The molecular weight excluding hydrogens is 673 g/mol. The Labute approximate surface area is 326 Å². The van der Waals surface area contributed by atoms with Crippen molar-refractivity contribution in [1.82, 2.24) is 0 Å². The van der Waals surface area contributed by atoms with Crippen molar-refractivity contribution in [1.29, 1.82) is 0 Å². The Bertz CT molecular complexity index is 2090. The van der Waals surface area contributed by atoms with Crippen molar-refractivity contribution in [3.8, 4) is 39.5 Å². The van der Waals surface area contributed by atoms with Gasteiger partial charge in [-0.05, 0) is 109 Å². The molecule has 0 bridgehead atoms. The summed E-state index contributed by atoms with van der Waals surface area (Å²) in [5.41, 5.74) is 13.4. The molecule has 0 amide bonds. The molecule has 0 aliphatic rings. The van der Waals surface area contributed by atoms with Gasteiger partial charge in [0.05, 0.1) is 0 Å². The summed E-state index contributed by atoms with van der Waals surface area (Å²) in [7, 11) is 0.